The lowest BCUT2D eigenvalue weighted by Crippen LogP contribution is -2.39. The zero-order valence-corrected chi connectivity index (χ0v) is 16.7. The van der Waals surface area contributed by atoms with Crippen molar-refractivity contribution >= 4 is 17.5 Å². The number of primary amides is 1. The van der Waals surface area contributed by atoms with E-state index in [1.54, 1.807) is 18.2 Å². The van der Waals surface area contributed by atoms with E-state index in [-0.39, 0.29) is 5.91 Å². The minimum atomic E-state index is -1.04. The van der Waals surface area contributed by atoms with Crippen LogP contribution in [0.15, 0.2) is 48.5 Å². The first kappa shape index (κ1) is 21.4. The van der Waals surface area contributed by atoms with Gasteiger partial charge < -0.3 is 15.5 Å². The van der Waals surface area contributed by atoms with Crippen molar-refractivity contribution in [3.8, 4) is 0 Å². The summed E-state index contributed by atoms with van der Waals surface area (Å²) in [7, 11) is 1.50. The first-order chi connectivity index (χ1) is 13.4. The fourth-order valence-electron chi connectivity index (χ4n) is 3.21. The topological polar surface area (TPSA) is 66.6 Å². The Hall–Kier alpha value is -2.89. The second kappa shape index (κ2) is 9.88. The Balaban J connectivity index is 2.22. The second-order valence-electron chi connectivity index (χ2n) is 6.76. The van der Waals surface area contributed by atoms with Crippen LogP contribution in [-0.4, -0.2) is 36.9 Å². The smallest absolute Gasteiger partial charge is 0.254 e. The number of nitrogens with two attached hydrogens (primary N) is 1. The lowest BCUT2D eigenvalue weighted by atomic mass is 10.0. The molecule has 2 amide bonds. The van der Waals surface area contributed by atoms with Crippen LogP contribution in [-0.2, 0) is 4.79 Å². The van der Waals surface area contributed by atoms with Gasteiger partial charge in [0, 0.05) is 31.4 Å². The van der Waals surface area contributed by atoms with E-state index >= 15 is 0 Å². The first-order valence-electron chi connectivity index (χ1n) is 9.56. The van der Waals surface area contributed by atoms with Crippen LogP contribution in [0.3, 0.4) is 0 Å². The minimum absolute atomic E-state index is 0.344. The first-order valence-corrected chi connectivity index (χ1v) is 9.56. The molecule has 1 atom stereocenters. The van der Waals surface area contributed by atoms with Crippen molar-refractivity contribution in [3.63, 3.8) is 0 Å². The Bertz CT molecular complexity index is 808. The van der Waals surface area contributed by atoms with Gasteiger partial charge in [0.2, 0.25) is 5.91 Å². The van der Waals surface area contributed by atoms with Gasteiger partial charge in [-0.2, -0.15) is 0 Å². The van der Waals surface area contributed by atoms with Crippen molar-refractivity contribution in [2.24, 2.45) is 5.73 Å². The third-order valence-electron chi connectivity index (χ3n) is 4.78. The summed E-state index contributed by atoms with van der Waals surface area (Å²) in [4.78, 5) is 28.4. The molecule has 2 aromatic carbocycles. The van der Waals surface area contributed by atoms with Gasteiger partial charge in [0.05, 0.1) is 0 Å². The van der Waals surface area contributed by atoms with Crippen LogP contribution in [0.25, 0.3) is 0 Å². The van der Waals surface area contributed by atoms with E-state index in [1.807, 2.05) is 12.1 Å². The molecular weight excluding hydrogens is 357 g/mol. The van der Waals surface area contributed by atoms with E-state index in [4.69, 9.17) is 5.73 Å². The van der Waals surface area contributed by atoms with Gasteiger partial charge in [-0.25, -0.2) is 4.39 Å². The maximum absolute atomic E-state index is 13.6. The third-order valence-corrected chi connectivity index (χ3v) is 4.78. The summed E-state index contributed by atoms with van der Waals surface area (Å²) in [6.07, 6.45) is 2.22. The number of nitrogens with zero attached hydrogens (tertiary/aromatic N) is 2. The van der Waals surface area contributed by atoms with Crippen LogP contribution in [0.5, 0.6) is 0 Å². The molecule has 2 N–H and O–H groups in total. The van der Waals surface area contributed by atoms with Crippen LogP contribution in [0.1, 0.15) is 48.7 Å². The van der Waals surface area contributed by atoms with Crippen molar-refractivity contribution in [2.75, 3.05) is 25.0 Å². The molecule has 1 unspecified atom stereocenters. The summed E-state index contributed by atoms with van der Waals surface area (Å²) >= 11 is 0. The van der Waals surface area contributed by atoms with Crippen LogP contribution in [0.4, 0.5) is 10.1 Å². The van der Waals surface area contributed by atoms with Crippen molar-refractivity contribution < 1.29 is 14.0 Å². The van der Waals surface area contributed by atoms with Gasteiger partial charge in [0.25, 0.3) is 5.91 Å². The summed E-state index contributed by atoms with van der Waals surface area (Å²) in [5.41, 5.74) is 7.34. The zero-order chi connectivity index (χ0) is 20.7. The number of amides is 2. The normalized spacial score (nSPS) is 11.7. The van der Waals surface area contributed by atoms with Gasteiger partial charge in [-0.1, -0.05) is 25.5 Å². The van der Waals surface area contributed by atoms with Crippen LogP contribution in [0.2, 0.25) is 0 Å². The molecule has 0 heterocycles. The fraction of sp³-hybridized carbons (Fsp3) is 0.364. The van der Waals surface area contributed by atoms with E-state index < -0.39 is 17.8 Å². The molecule has 0 saturated carbocycles. The van der Waals surface area contributed by atoms with Gasteiger partial charge in [-0.05, 0) is 55.3 Å². The molecule has 0 aliphatic heterocycles. The average molecular weight is 385 g/mol. The SMILES string of the molecule is CCCCN(CC)c1ccc(C(=O)N(C)C(C(N)=O)c2cccc(F)c2)cc1. The van der Waals surface area contributed by atoms with E-state index in [9.17, 15) is 14.0 Å². The number of hydrogen-bond acceptors (Lipinski definition) is 3. The van der Waals surface area contributed by atoms with Crippen molar-refractivity contribution in [3.05, 3.63) is 65.5 Å². The Labute approximate surface area is 165 Å². The molecule has 28 heavy (non-hydrogen) atoms. The quantitative estimate of drug-likeness (QED) is 0.715. The highest BCUT2D eigenvalue weighted by Gasteiger charge is 2.27. The standard InChI is InChI=1S/C22H28FN3O2/c1-4-6-14-26(5-2)19-12-10-16(11-13-19)22(28)25(3)20(21(24)27)17-8-7-9-18(23)15-17/h7-13,15,20H,4-6,14H2,1-3H3,(H2,24,27). The number of likely N-dealkylation sites (N-methyl/N-ethyl adjacent to an activating group) is 1. The number of hydrogen-bond donors (Lipinski definition) is 1. The molecule has 0 bridgehead atoms. The van der Waals surface area contributed by atoms with E-state index in [0.717, 1.165) is 31.6 Å². The third kappa shape index (κ3) is 5.09. The fourth-order valence-corrected chi connectivity index (χ4v) is 3.21. The van der Waals surface area contributed by atoms with E-state index in [1.165, 1.54) is 30.1 Å². The number of carbonyl (C=O) groups excluding carboxylic acids is 2. The number of benzene rings is 2. The lowest BCUT2D eigenvalue weighted by Gasteiger charge is -2.27. The molecule has 0 radical (unpaired) electrons. The molecule has 0 aliphatic rings. The monoisotopic (exact) mass is 385 g/mol. The maximum atomic E-state index is 13.6. The number of carbonyl (C=O) groups is 2. The molecule has 0 aromatic heterocycles. The Kier molecular flexibility index (Phi) is 7.55. The number of anilines is 1. The molecular formula is C22H28FN3O2. The summed E-state index contributed by atoms with van der Waals surface area (Å²) in [5, 5.41) is 0. The average Bonchev–Trinajstić information content (AvgIpc) is 2.68. The molecule has 5 nitrogen and oxygen atoms in total. The van der Waals surface area contributed by atoms with Crippen LogP contribution < -0.4 is 10.6 Å². The predicted octanol–water partition coefficient (Wildman–Crippen LogP) is 3.75. The summed E-state index contributed by atoms with van der Waals surface area (Å²) in [5.74, 6) is -1.55. The predicted molar refractivity (Wildman–Crippen MR) is 110 cm³/mol. The molecule has 2 rings (SSSR count). The van der Waals surface area contributed by atoms with Gasteiger partial charge in [-0.3, -0.25) is 9.59 Å². The highest BCUT2D eigenvalue weighted by atomic mass is 19.1. The van der Waals surface area contributed by atoms with E-state index in [2.05, 4.69) is 18.7 Å². The van der Waals surface area contributed by atoms with Gasteiger partial charge in [0.15, 0.2) is 0 Å². The highest BCUT2D eigenvalue weighted by Crippen LogP contribution is 2.23. The number of rotatable bonds is 9. The molecule has 2 aromatic rings. The molecule has 0 spiro atoms. The Morgan fingerprint density at radius 1 is 1.11 bits per heavy atom. The lowest BCUT2D eigenvalue weighted by molar-refractivity contribution is -0.122. The van der Waals surface area contributed by atoms with Gasteiger partial charge in [0.1, 0.15) is 11.9 Å². The van der Waals surface area contributed by atoms with Crippen molar-refractivity contribution in [1.82, 2.24) is 4.90 Å². The number of unbranched alkanes of at least 4 members (excludes halogenated alkanes) is 1. The maximum Gasteiger partial charge on any atom is 0.254 e. The Morgan fingerprint density at radius 2 is 1.79 bits per heavy atom. The Morgan fingerprint density at radius 3 is 2.32 bits per heavy atom. The molecule has 150 valence electrons. The molecule has 0 saturated heterocycles. The van der Waals surface area contributed by atoms with Crippen molar-refractivity contribution in [2.45, 2.75) is 32.7 Å². The summed E-state index contributed by atoms with van der Waals surface area (Å²) in [6, 6.07) is 11.8. The largest absolute Gasteiger partial charge is 0.372 e. The van der Waals surface area contributed by atoms with Gasteiger partial charge in [-0.15, -0.1) is 0 Å². The molecule has 0 aliphatic carbocycles. The molecule has 6 heteroatoms. The second-order valence-corrected chi connectivity index (χ2v) is 6.76. The summed E-state index contributed by atoms with van der Waals surface area (Å²) < 4.78 is 13.6. The summed E-state index contributed by atoms with van der Waals surface area (Å²) in [6.45, 7) is 6.10. The van der Waals surface area contributed by atoms with Gasteiger partial charge >= 0.3 is 0 Å². The van der Waals surface area contributed by atoms with Crippen LogP contribution in [0, 0.1) is 5.82 Å². The molecule has 0 fully saturated rings. The highest BCUT2D eigenvalue weighted by molar-refractivity contribution is 5.97. The minimum Gasteiger partial charge on any atom is -0.372 e. The van der Waals surface area contributed by atoms with Crippen molar-refractivity contribution in [1.29, 1.82) is 0 Å². The van der Waals surface area contributed by atoms with Crippen LogP contribution >= 0.6 is 0 Å². The number of halogens is 1. The van der Waals surface area contributed by atoms with E-state index in [0.29, 0.717) is 11.1 Å². The zero-order valence-electron chi connectivity index (χ0n) is 16.7.